The molecule has 0 aromatic carbocycles. The summed E-state index contributed by atoms with van der Waals surface area (Å²) in [6, 6.07) is 8.85. The molecule has 1 aromatic heterocycles. The summed E-state index contributed by atoms with van der Waals surface area (Å²) in [5.74, 6) is 0. The van der Waals surface area contributed by atoms with E-state index in [1.165, 1.54) is 37.4 Å². The molecule has 0 unspecified atom stereocenters. The second kappa shape index (κ2) is 6.16. The van der Waals surface area contributed by atoms with Gasteiger partial charge in [0.1, 0.15) is 8.07 Å². The topological polar surface area (TPSA) is 15.8 Å². The van der Waals surface area contributed by atoms with Crippen LogP contribution in [0.3, 0.4) is 0 Å². The van der Waals surface area contributed by atoms with Crippen molar-refractivity contribution in [1.82, 2.24) is 4.98 Å². The van der Waals surface area contributed by atoms with E-state index in [1.807, 2.05) is 0 Å². The lowest BCUT2D eigenvalue weighted by Crippen LogP contribution is -2.47. The number of aromatic amines is 1. The van der Waals surface area contributed by atoms with Gasteiger partial charge in [0.05, 0.1) is 0 Å². The van der Waals surface area contributed by atoms with Gasteiger partial charge in [-0.25, -0.2) is 0 Å². The summed E-state index contributed by atoms with van der Waals surface area (Å²) in [4.78, 5) is 3.49. The Morgan fingerprint density at radius 2 is 1.53 bits per heavy atom. The zero-order valence-corrected chi connectivity index (χ0v) is 11.5. The zero-order chi connectivity index (χ0) is 11.1. The summed E-state index contributed by atoms with van der Waals surface area (Å²) in [6.07, 6.45) is 6.11. The van der Waals surface area contributed by atoms with Crippen LogP contribution in [0.4, 0.5) is 0 Å². The normalized spacial score (nSPS) is 11.9. The molecule has 0 saturated heterocycles. The SMILES string of the molecule is CCC[Si](CCC)(CCC)c1ccc[nH]1. The van der Waals surface area contributed by atoms with Crippen LogP contribution in [-0.4, -0.2) is 13.1 Å². The Balaban J connectivity index is 2.90. The monoisotopic (exact) mass is 223 g/mol. The lowest BCUT2D eigenvalue weighted by molar-refractivity contribution is 0.934. The lowest BCUT2D eigenvalue weighted by atomic mass is 10.5. The molecule has 0 amide bonds. The average molecular weight is 223 g/mol. The zero-order valence-electron chi connectivity index (χ0n) is 10.5. The first-order valence-corrected chi connectivity index (χ1v) is 9.05. The van der Waals surface area contributed by atoms with E-state index in [0.29, 0.717) is 0 Å². The van der Waals surface area contributed by atoms with Gasteiger partial charge in [0, 0.05) is 6.20 Å². The molecule has 0 radical (unpaired) electrons. The fraction of sp³-hybridized carbons (Fsp3) is 0.692. The molecule has 15 heavy (non-hydrogen) atoms. The van der Waals surface area contributed by atoms with Gasteiger partial charge in [0.2, 0.25) is 0 Å². The van der Waals surface area contributed by atoms with E-state index in [0.717, 1.165) is 0 Å². The molecular formula is C13H25NSi. The second-order valence-electron chi connectivity index (χ2n) is 4.61. The van der Waals surface area contributed by atoms with Gasteiger partial charge in [-0.15, -0.1) is 0 Å². The van der Waals surface area contributed by atoms with Gasteiger partial charge in [-0.3, -0.25) is 0 Å². The van der Waals surface area contributed by atoms with Crippen LogP contribution in [0.15, 0.2) is 18.3 Å². The third kappa shape index (κ3) is 2.97. The van der Waals surface area contributed by atoms with E-state index in [2.05, 4.69) is 44.1 Å². The van der Waals surface area contributed by atoms with Gasteiger partial charge >= 0.3 is 0 Å². The van der Waals surface area contributed by atoms with E-state index >= 15 is 0 Å². The van der Waals surface area contributed by atoms with Gasteiger partial charge in [0.15, 0.2) is 0 Å². The van der Waals surface area contributed by atoms with Crippen LogP contribution in [0.1, 0.15) is 40.0 Å². The van der Waals surface area contributed by atoms with Gasteiger partial charge in [-0.2, -0.15) is 0 Å². The predicted molar refractivity (Wildman–Crippen MR) is 71.5 cm³/mol. The second-order valence-corrected chi connectivity index (χ2v) is 9.21. The van der Waals surface area contributed by atoms with Crippen LogP contribution in [0.25, 0.3) is 0 Å². The van der Waals surface area contributed by atoms with Crippen LogP contribution in [-0.2, 0) is 0 Å². The highest BCUT2D eigenvalue weighted by Gasteiger charge is 2.32. The highest BCUT2D eigenvalue weighted by molar-refractivity contribution is 6.91. The summed E-state index contributed by atoms with van der Waals surface area (Å²) in [6.45, 7) is 6.99. The molecule has 0 aliphatic heterocycles. The fourth-order valence-electron chi connectivity index (χ4n) is 2.87. The van der Waals surface area contributed by atoms with Crippen LogP contribution >= 0.6 is 0 Å². The molecule has 1 heterocycles. The van der Waals surface area contributed by atoms with E-state index in [9.17, 15) is 0 Å². The summed E-state index contributed by atoms with van der Waals surface area (Å²) < 4.78 is 0. The first kappa shape index (κ1) is 12.6. The molecule has 0 bridgehead atoms. The minimum Gasteiger partial charge on any atom is -0.369 e. The molecule has 1 nitrogen and oxygen atoms in total. The van der Waals surface area contributed by atoms with E-state index in [1.54, 1.807) is 5.32 Å². The van der Waals surface area contributed by atoms with Crippen LogP contribution in [0.2, 0.25) is 18.1 Å². The molecule has 0 fully saturated rings. The van der Waals surface area contributed by atoms with Crippen molar-refractivity contribution in [3.8, 4) is 0 Å². The quantitative estimate of drug-likeness (QED) is 0.675. The van der Waals surface area contributed by atoms with E-state index in [4.69, 9.17) is 0 Å². The molecular weight excluding hydrogens is 198 g/mol. The number of rotatable bonds is 7. The van der Waals surface area contributed by atoms with Crippen LogP contribution < -0.4 is 5.32 Å². The Labute approximate surface area is 95.3 Å². The van der Waals surface area contributed by atoms with Crippen molar-refractivity contribution in [2.45, 2.75) is 58.2 Å². The number of hydrogen-bond donors (Lipinski definition) is 1. The smallest absolute Gasteiger partial charge is 0.107 e. The molecule has 0 atom stereocenters. The Morgan fingerprint density at radius 1 is 1.00 bits per heavy atom. The Hall–Kier alpha value is -0.503. The number of H-pyrrole nitrogens is 1. The third-order valence-electron chi connectivity index (χ3n) is 3.35. The highest BCUT2D eigenvalue weighted by atomic mass is 28.3. The molecule has 86 valence electrons. The van der Waals surface area contributed by atoms with E-state index < -0.39 is 8.07 Å². The predicted octanol–water partition coefficient (Wildman–Crippen LogP) is 3.90. The number of nitrogens with one attached hydrogen (secondary N) is 1. The van der Waals surface area contributed by atoms with Crippen molar-refractivity contribution >= 4 is 13.4 Å². The summed E-state index contributed by atoms with van der Waals surface area (Å²) in [5, 5.41) is 1.59. The maximum absolute atomic E-state index is 3.49. The standard InChI is InChI=1S/C13H25NSi/c1-4-10-15(11-5-2,12-6-3)13-8-7-9-14-13/h7-9,14H,4-6,10-12H2,1-3H3. The Bertz CT molecular complexity index is 236. The molecule has 1 N–H and O–H groups in total. The Morgan fingerprint density at radius 3 is 1.87 bits per heavy atom. The average Bonchev–Trinajstić information content (AvgIpc) is 2.72. The Kier molecular flexibility index (Phi) is 5.16. The summed E-state index contributed by atoms with van der Waals surface area (Å²) in [7, 11) is -1.17. The molecule has 0 spiro atoms. The molecule has 0 saturated carbocycles. The number of hydrogen-bond acceptors (Lipinski definition) is 0. The minimum absolute atomic E-state index is 1.17. The maximum Gasteiger partial charge on any atom is 0.107 e. The van der Waals surface area contributed by atoms with Crippen molar-refractivity contribution in [2.24, 2.45) is 0 Å². The van der Waals surface area contributed by atoms with Crippen molar-refractivity contribution in [1.29, 1.82) is 0 Å². The fourth-order valence-corrected chi connectivity index (χ4v) is 8.14. The van der Waals surface area contributed by atoms with Crippen LogP contribution in [0.5, 0.6) is 0 Å². The highest BCUT2D eigenvalue weighted by Crippen LogP contribution is 2.25. The van der Waals surface area contributed by atoms with Gasteiger partial charge in [-0.1, -0.05) is 58.2 Å². The maximum atomic E-state index is 3.49. The van der Waals surface area contributed by atoms with Crippen LogP contribution in [0, 0.1) is 0 Å². The largest absolute Gasteiger partial charge is 0.369 e. The van der Waals surface area contributed by atoms with Gasteiger partial charge < -0.3 is 4.98 Å². The molecule has 2 heteroatoms. The van der Waals surface area contributed by atoms with Gasteiger partial charge in [0.25, 0.3) is 0 Å². The van der Waals surface area contributed by atoms with Gasteiger partial charge in [-0.05, 0) is 17.4 Å². The molecule has 0 aliphatic rings. The summed E-state index contributed by atoms with van der Waals surface area (Å²) in [5.41, 5.74) is 0. The van der Waals surface area contributed by atoms with Crippen molar-refractivity contribution in [2.75, 3.05) is 0 Å². The molecule has 1 aromatic rings. The third-order valence-corrected chi connectivity index (χ3v) is 9.18. The first-order chi connectivity index (χ1) is 7.29. The minimum atomic E-state index is -1.17. The van der Waals surface area contributed by atoms with Crippen molar-refractivity contribution < 1.29 is 0 Å². The molecule has 0 aliphatic carbocycles. The van der Waals surface area contributed by atoms with E-state index in [-0.39, 0.29) is 0 Å². The molecule has 1 rings (SSSR count). The number of aromatic nitrogens is 1. The lowest BCUT2D eigenvalue weighted by Gasteiger charge is -2.30. The van der Waals surface area contributed by atoms with Crippen molar-refractivity contribution in [3.05, 3.63) is 18.3 Å². The van der Waals surface area contributed by atoms with Crippen molar-refractivity contribution in [3.63, 3.8) is 0 Å². The summed E-state index contributed by atoms with van der Waals surface area (Å²) >= 11 is 0. The first-order valence-electron chi connectivity index (χ1n) is 6.43.